The van der Waals surface area contributed by atoms with E-state index in [2.05, 4.69) is 4.90 Å². The van der Waals surface area contributed by atoms with Crippen LogP contribution in [0.1, 0.15) is 18.4 Å². The van der Waals surface area contributed by atoms with Crippen molar-refractivity contribution in [2.45, 2.75) is 24.5 Å². The lowest BCUT2D eigenvalue weighted by Gasteiger charge is -2.39. The molecule has 0 unspecified atom stereocenters. The summed E-state index contributed by atoms with van der Waals surface area (Å²) in [4.78, 5) is 2.19. The molecule has 5 heteroatoms. The van der Waals surface area contributed by atoms with Crippen LogP contribution in [-0.4, -0.2) is 54.6 Å². The zero-order valence-electron chi connectivity index (χ0n) is 18.6. The van der Waals surface area contributed by atoms with Crippen molar-refractivity contribution in [2.75, 3.05) is 33.4 Å². The topological polar surface area (TPSA) is 62.2 Å². The van der Waals surface area contributed by atoms with Gasteiger partial charge in [0.2, 0.25) is 0 Å². The van der Waals surface area contributed by atoms with Crippen LogP contribution in [-0.2, 0) is 5.60 Å². The van der Waals surface area contributed by atoms with E-state index >= 15 is 0 Å². The van der Waals surface area contributed by atoms with Crippen molar-refractivity contribution >= 4 is 0 Å². The third-order valence-corrected chi connectivity index (χ3v) is 5.63. The Hall–Kier alpha value is -2.86. The summed E-state index contributed by atoms with van der Waals surface area (Å²) < 4.78 is 10.5. The number of hydrogen-bond donors (Lipinski definition) is 2. The first-order valence-corrected chi connectivity index (χ1v) is 11.0. The maximum Gasteiger partial charge on any atom is 0.119 e. The summed E-state index contributed by atoms with van der Waals surface area (Å²) in [5.41, 5.74) is 0.237. The summed E-state index contributed by atoms with van der Waals surface area (Å²) in [5, 5.41) is 21.0. The molecule has 2 N–H and O–H groups in total. The summed E-state index contributed by atoms with van der Waals surface area (Å²) in [5.74, 6) is 1.68. The van der Waals surface area contributed by atoms with Crippen LogP contribution < -0.4 is 9.47 Å². The molecule has 3 aromatic rings. The lowest BCUT2D eigenvalue weighted by molar-refractivity contribution is -0.0372. The van der Waals surface area contributed by atoms with Crippen molar-refractivity contribution in [1.82, 2.24) is 4.90 Å². The zero-order valence-corrected chi connectivity index (χ0v) is 18.6. The molecule has 0 aromatic heterocycles. The van der Waals surface area contributed by atoms with Crippen molar-refractivity contribution in [2.24, 2.45) is 0 Å². The highest BCUT2D eigenvalue weighted by molar-refractivity contribution is 5.23. The van der Waals surface area contributed by atoms with Crippen LogP contribution in [0.2, 0.25) is 0 Å². The van der Waals surface area contributed by atoms with E-state index in [1.165, 1.54) is 0 Å². The number of hydrogen-bond acceptors (Lipinski definition) is 5. The average Bonchev–Trinajstić information content (AvgIpc) is 2.86. The van der Waals surface area contributed by atoms with Crippen LogP contribution in [0.25, 0.3) is 0 Å². The fraction of sp³-hybridized carbons (Fsp3) is 0.333. The van der Waals surface area contributed by atoms with Crippen LogP contribution in [0.4, 0.5) is 0 Å². The number of likely N-dealkylation sites (tertiary alicyclic amines) is 1. The van der Waals surface area contributed by atoms with Gasteiger partial charge in [0, 0.05) is 19.6 Å². The lowest BCUT2D eigenvalue weighted by Crippen LogP contribution is -2.46. The molecule has 3 aromatic carbocycles. The first kappa shape index (κ1) is 23.8. The number of benzene rings is 3. The predicted octanol–water partition coefficient (Wildman–Crippen LogP) is 4.11. The summed E-state index contributed by atoms with van der Waals surface area (Å²) in [6.45, 7) is 2.39. The number of rotatable bonds is 7. The van der Waals surface area contributed by atoms with E-state index < -0.39 is 11.7 Å². The summed E-state index contributed by atoms with van der Waals surface area (Å²) >= 11 is 0. The molecule has 0 amide bonds. The molecule has 4 rings (SSSR count). The van der Waals surface area contributed by atoms with E-state index in [4.69, 9.17) is 9.47 Å². The second kappa shape index (κ2) is 12.2. The smallest absolute Gasteiger partial charge is 0.119 e. The van der Waals surface area contributed by atoms with Gasteiger partial charge in [-0.05, 0) is 42.7 Å². The Labute approximate surface area is 190 Å². The number of aliphatic hydroxyl groups is 2. The standard InChI is InChI=1S/C20H25NO3.C7H8O/c22-18(16-24-19-9-5-2-6-10-19)15-21-13-11-20(23,12-14-21)17-7-3-1-4-8-17;1-8-7-5-3-2-4-6-7/h1-10,18,22-23H,11-16H2;2-6H,1H3/t18-;/m1./s1. The van der Waals surface area contributed by atoms with Crippen LogP contribution in [0.15, 0.2) is 91.0 Å². The Bertz CT molecular complexity index is 881. The molecule has 1 atom stereocenters. The third-order valence-electron chi connectivity index (χ3n) is 5.63. The molecule has 170 valence electrons. The van der Waals surface area contributed by atoms with Crippen molar-refractivity contribution in [3.8, 4) is 11.5 Å². The highest BCUT2D eigenvalue weighted by Gasteiger charge is 2.34. The SMILES string of the molecule is COc1ccccc1.O[C@@H](COc1ccccc1)CN1CCC(O)(c2ccccc2)CC1. The Kier molecular flexibility index (Phi) is 9.11. The maximum atomic E-state index is 10.8. The summed E-state index contributed by atoms with van der Waals surface area (Å²) in [6, 6.07) is 29.1. The molecular weight excluding hydrogens is 402 g/mol. The quantitative estimate of drug-likeness (QED) is 0.585. The Morgan fingerprint density at radius 3 is 1.81 bits per heavy atom. The van der Waals surface area contributed by atoms with E-state index in [0.717, 1.165) is 30.2 Å². The predicted molar refractivity (Wildman–Crippen MR) is 127 cm³/mol. The average molecular weight is 436 g/mol. The molecule has 0 aliphatic carbocycles. The number of piperidine rings is 1. The maximum absolute atomic E-state index is 10.8. The van der Waals surface area contributed by atoms with Gasteiger partial charge < -0.3 is 24.6 Å². The fourth-order valence-electron chi connectivity index (χ4n) is 3.76. The van der Waals surface area contributed by atoms with Crippen LogP contribution in [0.3, 0.4) is 0 Å². The van der Waals surface area contributed by atoms with E-state index in [9.17, 15) is 10.2 Å². The molecule has 0 spiro atoms. The van der Waals surface area contributed by atoms with E-state index in [0.29, 0.717) is 19.4 Å². The minimum atomic E-state index is -0.747. The van der Waals surface area contributed by atoms with Gasteiger partial charge in [-0.25, -0.2) is 0 Å². The van der Waals surface area contributed by atoms with Gasteiger partial charge in [-0.3, -0.25) is 0 Å². The van der Waals surface area contributed by atoms with Crippen molar-refractivity contribution < 1.29 is 19.7 Å². The second-order valence-electron chi connectivity index (χ2n) is 7.99. The third kappa shape index (κ3) is 7.38. The highest BCUT2D eigenvalue weighted by Crippen LogP contribution is 2.32. The number of methoxy groups -OCH3 is 1. The van der Waals surface area contributed by atoms with E-state index in [1.54, 1.807) is 7.11 Å². The molecule has 0 saturated carbocycles. The van der Waals surface area contributed by atoms with Gasteiger partial charge in [0.15, 0.2) is 0 Å². The lowest BCUT2D eigenvalue weighted by atomic mass is 9.84. The molecule has 1 saturated heterocycles. The van der Waals surface area contributed by atoms with Gasteiger partial charge in [0.1, 0.15) is 24.2 Å². The highest BCUT2D eigenvalue weighted by atomic mass is 16.5. The molecule has 1 heterocycles. The van der Waals surface area contributed by atoms with Gasteiger partial charge in [-0.2, -0.15) is 0 Å². The molecule has 0 bridgehead atoms. The molecule has 1 aliphatic rings. The number of ether oxygens (including phenoxy) is 2. The Morgan fingerprint density at radius 1 is 0.812 bits per heavy atom. The number of aliphatic hydroxyl groups excluding tert-OH is 1. The van der Waals surface area contributed by atoms with Crippen LogP contribution in [0.5, 0.6) is 11.5 Å². The largest absolute Gasteiger partial charge is 0.497 e. The van der Waals surface area contributed by atoms with Crippen LogP contribution >= 0.6 is 0 Å². The summed E-state index contributed by atoms with van der Waals surface area (Å²) in [6.07, 6.45) is 0.833. The van der Waals surface area contributed by atoms with Crippen molar-refractivity contribution in [3.63, 3.8) is 0 Å². The van der Waals surface area contributed by atoms with Gasteiger partial charge in [-0.15, -0.1) is 0 Å². The Balaban J connectivity index is 0.000000305. The minimum absolute atomic E-state index is 0.281. The molecule has 32 heavy (non-hydrogen) atoms. The molecular formula is C27H33NO4. The monoisotopic (exact) mass is 435 g/mol. The van der Waals surface area contributed by atoms with Gasteiger partial charge in [-0.1, -0.05) is 66.7 Å². The Morgan fingerprint density at radius 2 is 1.31 bits per heavy atom. The molecule has 5 nitrogen and oxygen atoms in total. The van der Waals surface area contributed by atoms with E-state index in [-0.39, 0.29) is 6.61 Å². The summed E-state index contributed by atoms with van der Waals surface area (Å²) in [7, 11) is 1.66. The minimum Gasteiger partial charge on any atom is -0.497 e. The first-order valence-electron chi connectivity index (χ1n) is 11.0. The second-order valence-corrected chi connectivity index (χ2v) is 7.99. The number of nitrogens with zero attached hydrogens (tertiary/aromatic N) is 1. The van der Waals surface area contributed by atoms with Crippen LogP contribution in [0, 0.1) is 0 Å². The number of β-amino-alcohol motifs (C(OH)–C–C–N with tert-alkyl or cyclic N) is 1. The normalized spacial score (nSPS) is 16.3. The fourth-order valence-corrected chi connectivity index (χ4v) is 3.76. The molecule has 1 aliphatic heterocycles. The van der Waals surface area contributed by atoms with Crippen molar-refractivity contribution in [1.29, 1.82) is 0 Å². The first-order chi connectivity index (χ1) is 15.6. The van der Waals surface area contributed by atoms with Gasteiger partial charge in [0.25, 0.3) is 0 Å². The van der Waals surface area contributed by atoms with Crippen molar-refractivity contribution in [3.05, 3.63) is 96.6 Å². The van der Waals surface area contributed by atoms with Gasteiger partial charge in [0.05, 0.1) is 12.7 Å². The number of para-hydroxylation sites is 2. The van der Waals surface area contributed by atoms with E-state index in [1.807, 2.05) is 91.0 Å². The van der Waals surface area contributed by atoms with Gasteiger partial charge >= 0.3 is 0 Å². The molecule has 0 radical (unpaired) electrons. The zero-order chi connectivity index (χ0) is 22.7. The molecule has 1 fully saturated rings.